The van der Waals surface area contributed by atoms with Gasteiger partial charge in [-0.1, -0.05) is 6.08 Å². The number of nitrogens with one attached hydrogen (secondary N) is 3. The van der Waals surface area contributed by atoms with E-state index in [4.69, 9.17) is 9.84 Å². The van der Waals surface area contributed by atoms with E-state index in [-0.39, 0.29) is 54.4 Å². The summed E-state index contributed by atoms with van der Waals surface area (Å²) in [4.78, 5) is 52.9. The third kappa shape index (κ3) is 8.22. The van der Waals surface area contributed by atoms with Crippen LogP contribution in [0.15, 0.2) is 65.6 Å². The van der Waals surface area contributed by atoms with E-state index in [1.807, 2.05) is 0 Å². The van der Waals surface area contributed by atoms with E-state index in [9.17, 15) is 32.3 Å². The highest BCUT2D eigenvalue weighted by Crippen LogP contribution is 2.33. The number of fused-ring (bicyclic) bond motifs is 1. The van der Waals surface area contributed by atoms with Gasteiger partial charge in [0.15, 0.2) is 0 Å². The molecule has 44 heavy (non-hydrogen) atoms. The first kappa shape index (κ1) is 31.7. The molecule has 4 aromatic rings. The number of ether oxygens (including phenoxy) is 1. The Morgan fingerprint density at radius 3 is 2.66 bits per heavy atom. The lowest BCUT2D eigenvalue weighted by Gasteiger charge is -2.16. The zero-order valence-electron chi connectivity index (χ0n) is 23.1. The molecule has 2 heterocycles. The number of amides is 3. The number of allylic oxidation sites excluding steroid dienone is 1. The summed E-state index contributed by atoms with van der Waals surface area (Å²) >= 11 is 1.11. The number of anilines is 1. The van der Waals surface area contributed by atoms with Crippen LogP contribution in [0.5, 0.6) is 5.75 Å². The van der Waals surface area contributed by atoms with Crippen LogP contribution in [0.1, 0.15) is 23.4 Å². The number of hydrogen-bond acceptors (Lipinski definition) is 7. The number of nitrogens with zero attached hydrogens (tertiary/aromatic N) is 2. The van der Waals surface area contributed by atoms with Gasteiger partial charge in [-0.3, -0.25) is 14.4 Å². The van der Waals surface area contributed by atoms with Crippen LogP contribution >= 0.6 is 11.3 Å². The predicted octanol–water partition coefficient (Wildman–Crippen LogP) is 4.16. The largest absolute Gasteiger partial charge is 0.487 e. The van der Waals surface area contributed by atoms with Gasteiger partial charge in [0.05, 0.1) is 16.8 Å². The minimum Gasteiger partial charge on any atom is -0.487 e. The minimum atomic E-state index is -1.44. The molecule has 15 heteroatoms. The van der Waals surface area contributed by atoms with Gasteiger partial charge in [-0.05, 0) is 43.2 Å². The number of carboxylic acid groups (broad SMARTS) is 1. The number of likely N-dealkylation sites (N-methyl/N-ethyl adjacent to an activating group) is 1. The molecular formula is C29H26F3N5O6S. The third-order valence-electron chi connectivity index (χ3n) is 6.20. The molecule has 0 aliphatic carbocycles. The van der Waals surface area contributed by atoms with E-state index >= 15 is 0 Å². The van der Waals surface area contributed by atoms with Gasteiger partial charge in [0.1, 0.15) is 46.5 Å². The number of thiazole rings is 1. The van der Waals surface area contributed by atoms with Crippen LogP contribution in [-0.4, -0.2) is 45.7 Å². The molecule has 4 N–H and O–H groups in total. The average molecular weight is 630 g/mol. The summed E-state index contributed by atoms with van der Waals surface area (Å²) in [6.07, 6.45) is 2.97. The SMILES string of the molecule is CNC(=O)/C=C/CCC(NC(=O)O)C(=O)Nc1cccn(Cc2nc3cc(F)cc(OCc4ccc(F)cc4F)c3s2)c1=O. The molecule has 0 aliphatic rings. The van der Waals surface area contributed by atoms with Gasteiger partial charge in [-0.15, -0.1) is 11.3 Å². The molecule has 2 aromatic carbocycles. The lowest BCUT2D eigenvalue weighted by molar-refractivity contribution is -0.118. The molecule has 11 nitrogen and oxygen atoms in total. The van der Waals surface area contributed by atoms with E-state index in [1.165, 1.54) is 54.2 Å². The van der Waals surface area contributed by atoms with Gasteiger partial charge in [-0.2, -0.15) is 0 Å². The van der Waals surface area contributed by atoms with Crippen molar-refractivity contribution < 1.29 is 37.4 Å². The van der Waals surface area contributed by atoms with Gasteiger partial charge < -0.3 is 30.4 Å². The van der Waals surface area contributed by atoms with E-state index in [0.717, 1.165) is 29.5 Å². The van der Waals surface area contributed by atoms with E-state index < -0.39 is 41.1 Å². The van der Waals surface area contributed by atoms with Crippen LogP contribution in [0.2, 0.25) is 0 Å². The first-order valence-electron chi connectivity index (χ1n) is 13.1. The highest BCUT2D eigenvalue weighted by molar-refractivity contribution is 7.19. The smallest absolute Gasteiger partial charge is 0.405 e. The maximum Gasteiger partial charge on any atom is 0.405 e. The standard InChI is InChI=1S/C29H26F3N5O6S/c1-33-24(38)7-3-2-5-20(36-29(41)42)27(39)35-21-6-4-10-37(28(21)40)14-25-34-22-12-18(31)13-23(26(22)44-25)43-15-16-8-9-17(30)11-19(16)32/h3-4,6-13,20,36H,2,5,14-15H2,1H3,(H,33,38)(H,35,39)(H,41,42)/b7-3+. The Hall–Kier alpha value is -5.18. The topological polar surface area (TPSA) is 152 Å². The third-order valence-corrected chi connectivity index (χ3v) is 7.27. The summed E-state index contributed by atoms with van der Waals surface area (Å²) in [6, 6.07) is 6.96. The normalized spacial score (nSPS) is 11.8. The van der Waals surface area contributed by atoms with Crippen LogP contribution in [0.4, 0.5) is 23.7 Å². The second-order valence-electron chi connectivity index (χ2n) is 9.32. The van der Waals surface area contributed by atoms with Gasteiger partial charge >= 0.3 is 6.09 Å². The fraction of sp³-hybridized carbons (Fsp3) is 0.207. The number of hydrogen-bond donors (Lipinski definition) is 4. The second kappa shape index (κ2) is 14.3. The predicted molar refractivity (Wildman–Crippen MR) is 156 cm³/mol. The average Bonchev–Trinajstić information content (AvgIpc) is 3.38. The molecule has 4 rings (SSSR count). The molecule has 0 radical (unpaired) electrons. The van der Waals surface area contributed by atoms with Crippen molar-refractivity contribution in [1.29, 1.82) is 0 Å². The zero-order chi connectivity index (χ0) is 31.8. The monoisotopic (exact) mass is 629 g/mol. The Labute approximate surface area is 252 Å². The summed E-state index contributed by atoms with van der Waals surface area (Å²) < 4.78 is 48.9. The quantitative estimate of drug-likeness (QED) is 0.172. The van der Waals surface area contributed by atoms with Crippen LogP contribution in [0, 0.1) is 17.5 Å². The number of halogens is 3. The second-order valence-corrected chi connectivity index (χ2v) is 10.4. The highest BCUT2D eigenvalue weighted by Gasteiger charge is 2.21. The molecule has 0 spiro atoms. The van der Waals surface area contributed by atoms with Crippen LogP contribution < -0.4 is 26.2 Å². The van der Waals surface area contributed by atoms with Crippen molar-refractivity contribution in [2.75, 3.05) is 12.4 Å². The Morgan fingerprint density at radius 1 is 1.14 bits per heavy atom. The molecule has 0 saturated carbocycles. The van der Waals surface area contributed by atoms with Crippen LogP contribution in [0.25, 0.3) is 10.2 Å². The van der Waals surface area contributed by atoms with Crippen molar-refractivity contribution in [2.45, 2.75) is 32.0 Å². The van der Waals surface area contributed by atoms with Crippen LogP contribution in [-0.2, 0) is 22.7 Å². The summed E-state index contributed by atoms with van der Waals surface area (Å²) in [5, 5.41) is 16.5. The first-order valence-corrected chi connectivity index (χ1v) is 13.9. The van der Waals surface area contributed by atoms with Crippen molar-refractivity contribution >= 4 is 45.1 Å². The fourth-order valence-corrected chi connectivity index (χ4v) is 5.07. The fourth-order valence-electron chi connectivity index (χ4n) is 4.06. The zero-order valence-corrected chi connectivity index (χ0v) is 23.9. The van der Waals surface area contributed by atoms with Crippen molar-refractivity contribution in [1.82, 2.24) is 20.2 Å². The van der Waals surface area contributed by atoms with Gasteiger partial charge in [0.25, 0.3) is 5.56 Å². The maximum absolute atomic E-state index is 14.3. The number of pyridine rings is 1. The summed E-state index contributed by atoms with van der Waals surface area (Å²) in [7, 11) is 1.45. The van der Waals surface area contributed by atoms with E-state index in [2.05, 4.69) is 20.9 Å². The minimum absolute atomic E-state index is 0.0210. The summed E-state index contributed by atoms with van der Waals surface area (Å²) in [5.74, 6) is -3.25. The number of carbonyl (C=O) groups is 3. The van der Waals surface area contributed by atoms with Crippen molar-refractivity contribution in [2.24, 2.45) is 0 Å². The van der Waals surface area contributed by atoms with Crippen molar-refractivity contribution in [3.63, 3.8) is 0 Å². The Kier molecular flexibility index (Phi) is 10.3. The molecule has 0 fully saturated rings. The lowest BCUT2D eigenvalue weighted by Crippen LogP contribution is -2.44. The number of aromatic nitrogens is 2. The Bertz CT molecular complexity index is 1790. The van der Waals surface area contributed by atoms with Gasteiger partial charge in [0.2, 0.25) is 11.8 Å². The molecule has 1 atom stereocenters. The van der Waals surface area contributed by atoms with Gasteiger partial charge in [0, 0.05) is 37.0 Å². The molecule has 1 unspecified atom stereocenters. The maximum atomic E-state index is 14.3. The first-order chi connectivity index (χ1) is 21.0. The van der Waals surface area contributed by atoms with Crippen LogP contribution in [0.3, 0.4) is 0 Å². The Morgan fingerprint density at radius 2 is 1.93 bits per heavy atom. The van der Waals surface area contributed by atoms with Gasteiger partial charge in [-0.25, -0.2) is 22.9 Å². The molecule has 3 amide bonds. The lowest BCUT2D eigenvalue weighted by atomic mass is 10.1. The molecule has 2 aromatic heterocycles. The van der Waals surface area contributed by atoms with E-state index in [1.54, 1.807) is 0 Å². The number of carbonyl (C=O) groups excluding carboxylic acids is 2. The molecule has 230 valence electrons. The number of rotatable bonds is 12. The summed E-state index contributed by atoms with van der Waals surface area (Å²) in [6.45, 7) is -0.349. The molecular weight excluding hydrogens is 603 g/mol. The summed E-state index contributed by atoms with van der Waals surface area (Å²) in [5.41, 5.74) is -0.415. The Balaban J connectivity index is 1.50. The molecule has 0 saturated heterocycles. The van der Waals surface area contributed by atoms with Crippen molar-refractivity contribution in [3.05, 3.63) is 99.2 Å². The number of benzene rings is 2. The molecule has 0 bridgehead atoms. The molecule has 0 aliphatic heterocycles. The van der Waals surface area contributed by atoms with Crippen molar-refractivity contribution in [3.8, 4) is 5.75 Å². The van der Waals surface area contributed by atoms with E-state index in [0.29, 0.717) is 9.71 Å². The highest BCUT2D eigenvalue weighted by atomic mass is 32.1.